The van der Waals surface area contributed by atoms with E-state index in [9.17, 15) is 10.2 Å². The minimum atomic E-state index is -0.694. The van der Waals surface area contributed by atoms with Crippen LogP contribution in [0.4, 0.5) is 5.82 Å². The average Bonchev–Trinajstić information content (AvgIpc) is 3.21. The molecule has 138 valence electrons. The highest BCUT2D eigenvalue weighted by molar-refractivity contribution is 5.82. The number of unbranched alkanes of at least 4 members (excludes halogenated alkanes) is 3. The van der Waals surface area contributed by atoms with Gasteiger partial charge in [-0.1, -0.05) is 12.8 Å². The van der Waals surface area contributed by atoms with Crippen molar-refractivity contribution in [2.45, 2.75) is 50.5 Å². The zero-order valence-electron chi connectivity index (χ0n) is 14.2. The van der Waals surface area contributed by atoms with E-state index in [1.807, 2.05) is 0 Å². The first-order valence-corrected chi connectivity index (χ1v) is 8.80. The van der Waals surface area contributed by atoms with Crippen LogP contribution in [0.15, 0.2) is 12.7 Å². The highest BCUT2D eigenvalue weighted by atomic mass is 16.5. The second kappa shape index (κ2) is 8.52. The van der Waals surface area contributed by atoms with Crippen LogP contribution in [0.3, 0.4) is 0 Å². The largest absolute Gasteiger partial charge is 0.394 e. The predicted molar refractivity (Wildman–Crippen MR) is 93.0 cm³/mol. The molecule has 0 spiro atoms. The third kappa shape index (κ3) is 4.06. The molecule has 25 heavy (non-hydrogen) atoms. The van der Waals surface area contributed by atoms with Gasteiger partial charge in [-0.15, -0.1) is 0 Å². The van der Waals surface area contributed by atoms with Gasteiger partial charge in [0.1, 0.15) is 18.7 Å². The number of hydrogen-bond acceptors (Lipinski definition) is 8. The number of nitrogens with two attached hydrogens (primary N) is 1. The molecule has 3 heterocycles. The number of nitrogens with one attached hydrogen (secondary N) is 1. The molecule has 3 rings (SSSR count). The number of aliphatic hydroxyl groups is 2. The van der Waals surface area contributed by atoms with E-state index in [1.54, 1.807) is 10.9 Å². The number of nitrogens with zero attached hydrogens (tertiary/aromatic N) is 4. The summed E-state index contributed by atoms with van der Waals surface area (Å²) in [5.74, 6) is 0.694. The fourth-order valence-corrected chi connectivity index (χ4v) is 3.07. The van der Waals surface area contributed by atoms with Gasteiger partial charge in [-0.3, -0.25) is 4.57 Å². The molecule has 1 saturated heterocycles. The molecule has 2 aromatic rings. The molecule has 0 amide bonds. The van der Waals surface area contributed by atoms with Crippen LogP contribution < -0.4 is 11.1 Å². The van der Waals surface area contributed by atoms with E-state index in [-0.39, 0.29) is 6.61 Å². The van der Waals surface area contributed by atoms with Gasteiger partial charge in [0.25, 0.3) is 0 Å². The fourth-order valence-electron chi connectivity index (χ4n) is 3.07. The van der Waals surface area contributed by atoms with E-state index >= 15 is 0 Å². The first kappa shape index (κ1) is 18.0. The Kier molecular flexibility index (Phi) is 6.14. The lowest BCUT2D eigenvalue weighted by molar-refractivity contribution is -0.0432. The lowest BCUT2D eigenvalue weighted by Crippen LogP contribution is -2.24. The SMILES string of the molecule is NCCCCCCNc1ncnc2c1ncn2C1CC(O)C(CO)O1. The summed E-state index contributed by atoms with van der Waals surface area (Å²) in [6.45, 7) is 1.34. The smallest absolute Gasteiger partial charge is 0.167 e. The van der Waals surface area contributed by atoms with E-state index < -0.39 is 18.4 Å². The van der Waals surface area contributed by atoms with Gasteiger partial charge < -0.3 is 26.0 Å². The van der Waals surface area contributed by atoms with Crippen LogP contribution in [0, 0.1) is 0 Å². The number of fused-ring (bicyclic) bond motifs is 1. The number of rotatable bonds is 9. The standard InChI is InChI=1S/C16H26N6O3/c17-5-3-1-2-4-6-18-15-14-16(20-9-19-15)22(10-21-14)13-7-11(24)12(8-23)25-13/h9-13,23-24H,1-8,17H2,(H,18,19,20). The van der Waals surface area contributed by atoms with Gasteiger partial charge in [-0.25, -0.2) is 15.0 Å². The molecule has 1 aliphatic rings. The Balaban J connectivity index is 1.66. The van der Waals surface area contributed by atoms with Gasteiger partial charge in [0, 0.05) is 13.0 Å². The minimum absolute atomic E-state index is 0.212. The van der Waals surface area contributed by atoms with Gasteiger partial charge in [0.15, 0.2) is 17.0 Å². The quantitative estimate of drug-likeness (QED) is 0.478. The summed E-state index contributed by atoms with van der Waals surface area (Å²) < 4.78 is 7.46. The van der Waals surface area contributed by atoms with E-state index in [0.29, 0.717) is 23.4 Å². The highest BCUT2D eigenvalue weighted by Gasteiger charge is 2.35. The molecule has 1 fully saturated rings. The van der Waals surface area contributed by atoms with Gasteiger partial charge in [0.2, 0.25) is 0 Å². The summed E-state index contributed by atoms with van der Waals surface area (Å²) >= 11 is 0. The molecule has 3 atom stereocenters. The number of anilines is 1. The first-order chi connectivity index (χ1) is 12.2. The van der Waals surface area contributed by atoms with E-state index in [1.165, 1.54) is 6.33 Å². The third-order valence-electron chi connectivity index (χ3n) is 4.48. The summed E-state index contributed by atoms with van der Waals surface area (Å²) in [6.07, 6.45) is 6.24. The zero-order valence-corrected chi connectivity index (χ0v) is 14.2. The van der Waals surface area contributed by atoms with Crippen molar-refractivity contribution in [3.63, 3.8) is 0 Å². The van der Waals surface area contributed by atoms with Crippen molar-refractivity contribution in [2.24, 2.45) is 5.73 Å². The number of ether oxygens (including phenoxy) is 1. The summed E-state index contributed by atoms with van der Waals surface area (Å²) in [4.78, 5) is 13.0. The molecule has 0 saturated carbocycles. The Morgan fingerprint density at radius 1 is 1.24 bits per heavy atom. The summed E-state index contributed by atoms with van der Waals surface area (Å²) in [5, 5.41) is 22.5. The van der Waals surface area contributed by atoms with Crippen molar-refractivity contribution < 1.29 is 14.9 Å². The molecule has 5 N–H and O–H groups in total. The summed E-state index contributed by atoms with van der Waals surface area (Å²) in [7, 11) is 0. The zero-order chi connectivity index (χ0) is 17.6. The van der Waals surface area contributed by atoms with E-state index in [0.717, 1.165) is 38.8 Å². The maximum atomic E-state index is 9.92. The molecule has 1 aliphatic heterocycles. The third-order valence-corrected chi connectivity index (χ3v) is 4.48. The maximum Gasteiger partial charge on any atom is 0.167 e. The van der Waals surface area contributed by atoms with Crippen LogP contribution in [0.25, 0.3) is 11.2 Å². The fraction of sp³-hybridized carbons (Fsp3) is 0.688. The lowest BCUT2D eigenvalue weighted by atomic mass is 10.2. The van der Waals surface area contributed by atoms with E-state index in [4.69, 9.17) is 10.5 Å². The van der Waals surface area contributed by atoms with E-state index in [2.05, 4.69) is 20.3 Å². The minimum Gasteiger partial charge on any atom is -0.394 e. The topological polar surface area (TPSA) is 131 Å². The number of aromatic nitrogens is 4. The van der Waals surface area contributed by atoms with Gasteiger partial charge in [0.05, 0.1) is 19.0 Å². The van der Waals surface area contributed by atoms with Gasteiger partial charge in [-0.05, 0) is 19.4 Å². The van der Waals surface area contributed by atoms with Crippen LogP contribution in [-0.2, 0) is 4.74 Å². The highest BCUT2D eigenvalue weighted by Crippen LogP contribution is 2.31. The predicted octanol–water partition coefficient (Wildman–Crippen LogP) is 0.398. The molecular formula is C16H26N6O3. The van der Waals surface area contributed by atoms with Crippen LogP contribution in [0.5, 0.6) is 0 Å². The lowest BCUT2D eigenvalue weighted by Gasteiger charge is -2.13. The molecule has 9 nitrogen and oxygen atoms in total. The van der Waals surface area contributed by atoms with Crippen molar-refractivity contribution >= 4 is 17.0 Å². The van der Waals surface area contributed by atoms with Crippen molar-refractivity contribution in [2.75, 3.05) is 25.0 Å². The van der Waals surface area contributed by atoms with Crippen LogP contribution in [0.1, 0.15) is 38.3 Å². The first-order valence-electron chi connectivity index (χ1n) is 8.80. The van der Waals surface area contributed by atoms with Crippen molar-refractivity contribution in [1.29, 1.82) is 0 Å². The number of hydrogen-bond donors (Lipinski definition) is 4. The molecule has 0 bridgehead atoms. The normalized spacial score (nSPS) is 23.4. The van der Waals surface area contributed by atoms with Crippen molar-refractivity contribution in [3.8, 4) is 0 Å². The molecule has 2 aromatic heterocycles. The Morgan fingerprint density at radius 2 is 2.08 bits per heavy atom. The monoisotopic (exact) mass is 350 g/mol. The number of aliphatic hydroxyl groups excluding tert-OH is 2. The Morgan fingerprint density at radius 3 is 2.84 bits per heavy atom. The molecule has 0 aliphatic carbocycles. The van der Waals surface area contributed by atoms with Crippen LogP contribution in [0.2, 0.25) is 0 Å². The van der Waals surface area contributed by atoms with Gasteiger partial charge in [-0.2, -0.15) is 0 Å². The Labute approximate surface area is 146 Å². The summed E-state index contributed by atoms with van der Waals surface area (Å²) in [6, 6.07) is 0. The maximum absolute atomic E-state index is 9.92. The van der Waals surface area contributed by atoms with Crippen LogP contribution in [-0.4, -0.2) is 61.6 Å². The number of imidazole rings is 1. The molecule has 0 aromatic carbocycles. The average molecular weight is 350 g/mol. The molecule has 0 radical (unpaired) electrons. The molecule has 9 heteroatoms. The Hall–Kier alpha value is -1.81. The van der Waals surface area contributed by atoms with Gasteiger partial charge >= 0.3 is 0 Å². The molecule has 3 unspecified atom stereocenters. The second-order valence-corrected chi connectivity index (χ2v) is 6.29. The van der Waals surface area contributed by atoms with Crippen molar-refractivity contribution in [3.05, 3.63) is 12.7 Å². The second-order valence-electron chi connectivity index (χ2n) is 6.29. The summed E-state index contributed by atoms with van der Waals surface area (Å²) in [5.41, 5.74) is 6.82. The Bertz CT molecular complexity index is 679. The molecular weight excluding hydrogens is 324 g/mol. The van der Waals surface area contributed by atoms with Crippen LogP contribution >= 0.6 is 0 Å². The van der Waals surface area contributed by atoms with Crippen molar-refractivity contribution in [1.82, 2.24) is 19.5 Å².